The first-order chi connectivity index (χ1) is 26.4. The van der Waals surface area contributed by atoms with Crippen LogP contribution < -0.4 is 4.89 Å². The third kappa shape index (κ3) is 39.4. The van der Waals surface area contributed by atoms with Crippen LogP contribution >= 0.6 is 7.82 Å². The Hall–Kier alpha value is -2.59. The number of nitrogens with zero attached hydrogens (tertiary/aromatic N) is 1. The zero-order valence-electron chi connectivity index (χ0n) is 35.0. The molecule has 0 spiro atoms. The maximum atomic E-state index is 12.6. The summed E-state index contributed by atoms with van der Waals surface area (Å²) in [5.41, 5.74) is 0. The van der Waals surface area contributed by atoms with E-state index in [1.165, 1.54) is 25.7 Å². The number of quaternary nitrogens is 1. The minimum atomic E-state index is -4.65. The number of carbonyl (C=O) groups is 2. The fourth-order valence-electron chi connectivity index (χ4n) is 4.99. The molecule has 0 aromatic heterocycles. The molecular weight excluding hydrogens is 717 g/mol. The van der Waals surface area contributed by atoms with Crippen LogP contribution in [0.15, 0.2) is 72.9 Å². The lowest BCUT2D eigenvalue weighted by Crippen LogP contribution is -2.37. The molecule has 0 aliphatic rings. The number of unbranched alkanes of at least 4 members (excludes halogenated alkanes) is 10. The molecule has 0 rings (SSSR count). The zero-order chi connectivity index (χ0) is 40.9. The summed E-state index contributed by atoms with van der Waals surface area (Å²) in [6, 6.07) is 0. The third-order valence-corrected chi connectivity index (χ3v) is 9.25. The second kappa shape index (κ2) is 35.8. The number of carbonyl (C=O) groups excluding carboxylic acids is 2. The molecule has 0 amide bonds. The summed E-state index contributed by atoms with van der Waals surface area (Å²) in [6.45, 7) is 3.88. The molecule has 11 heteroatoms. The first-order valence-corrected chi connectivity index (χ1v) is 22.2. The number of phosphoric acid groups is 1. The summed E-state index contributed by atoms with van der Waals surface area (Å²) in [5, 5.41) is 9.92. The first-order valence-electron chi connectivity index (χ1n) is 20.8. The van der Waals surface area contributed by atoms with E-state index in [4.69, 9.17) is 18.5 Å². The molecular formula is C44H76NO9P. The number of ether oxygens (including phenoxy) is 2. The van der Waals surface area contributed by atoms with Gasteiger partial charge in [-0.2, -0.15) is 0 Å². The molecule has 0 bridgehead atoms. The number of esters is 2. The normalized spacial score (nSPS) is 15.0. The Morgan fingerprint density at radius 3 is 1.95 bits per heavy atom. The molecule has 0 aliphatic carbocycles. The van der Waals surface area contributed by atoms with Crippen LogP contribution in [-0.2, 0) is 32.7 Å². The van der Waals surface area contributed by atoms with E-state index in [0.29, 0.717) is 36.7 Å². The van der Waals surface area contributed by atoms with Crippen LogP contribution in [0.4, 0.5) is 0 Å². The highest BCUT2D eigenvalue weighted by molar-refractivity contribution is 7.45. The molecule has 0 radical (unpaired) electrons. The number of rotatable bonds is 36. The standard InChI is InChI=1S/C44H76NO9P/c1-6-8-10-12-13-14-15-16-17-21-24-27-31-35-43(47)51-39-42(40-53-55(49,50)52-38-37-45(3,4)5)54-44(48)36-32-28-25-22-19-18-20-23-26-30-34-41(46)33-29-11-9-7-2/h9,11,14-15,18,20,22,25-26,29-30,33,41-42,46H,6-8,10,12-13,16-17,19,21,23-24,27-28,31-32,34-40H2,1-5H3/b11-9-,15-14-,20-18-,25-22-,30-26-,33-29+. The van der Waals surface area contributed by atoms with Crippen molar-refractivity contribution in [1.29, 1.82) is 0 Å². The molecule has 0 saturated carbocycles. The van der Waals surface area contributed by atoms with E-state index in [-0.39, 0.29) is 26.1 Å². The molecule has 0 fully saturated rings. The minimum absolute atomic E-state index is 0.0550. The molecule has 316 valence electrons. The summed E-state index contributed by atoms with van der Waals surface area (Å²) in [5.74, 6) is -0.949. The first kappa shape index (κ1) is 52.4. The maximum Gasteiger partial charge on any atom is 0.306 e. The van der Waals surface area contributed by atoms with Gasteiger partial charge in [0.05, 0.1) is 33.9 Å². The van der Waals surface area contributed by atoms with E-state index in [0.717, 1.165) is 57.8 Å². The minimum Gasteiger partial charge on any atom is -0.756 e. The van der Waals surface area contributed by atoms with Crippen LogP contribution in [0.3, 0.4) is 0 Å². The smallest absolute Gasteiger partial charge is 0.306 e. The molecule has 0 saturated heterocycles. The largest absolute Gasteiger partial charge is 0.756 e. The lowest BCUT2D eigenvalue weighted by Gasteiger charge is -2.28. The summed E-state index contributed by atoms with van der Waals surface area (Å²) in [4.78, 5) is 37.4. The fraction of sp³-hybridized carbons (Fsp3) is 0.682. The van der Waals surface area contributed by atoms with Crippen LogP contribution in [0.2, 0.25) is 0 Å². The molecule has 10 nitrogen and oxygen atoms in total. The summed E-state index contributed by atoms with van der Waals surface area (Å²) >= 11 is 0. The Bertz CT molecular complexity index is 1190. The van der Waals surface area contributed by atoms with E-state index in [1.54, 1.807) is 6.08 Å². The van der Waals surface area contributed by atoms with Crippen molar-refractivity contribution in [2.24, 2.45) is 0 Å². The van der Waals surface area contributed by atoms with Crippen molar-refractivity contribution < 1.29 is 47.2 Å². The zero-order valence-corrected chi connectivity index (χ0v) is 35.8. The molecule has 0 aliphatic heterocycles. The summed E-state index contributed by atoms with van der Waals surface area (Å²) < 4.78 is 33.7. The quantitative estimate of drug-likeness (QED) is 0.0165. The Kier molecular flexibility index (Phi) is 34.1. The van der Waals surface area contributed by atoms with Gasteiger partial charge in [-0.25, -0.2) is 0 Å². The molecule has 0 heterocycles. The SMILES string of the molecule is CC/C=C\C=C\C(O)C/C=C\C/C=C\C/C=C\CCCC(=O)OC(COC(=O)CCCCCCC/C=C\CCCCCC)COP(=O)([O-])OCC[N+](C)(C)C. The van der Waals surface area contributed by atoms with Crippen molar-refractivity contribution in [1.82, 2.24) is 0 Å². The number of hydrogen-bond donors (Lipinski definition) is 1. The number of hydrogen-bond acceptors (Lipinski definition) is 9. The number of allylic oxidation sites excluding steroid dienone is 10. The van der Waals surface area contributed by atoms with E-state index >= 15 is 0 Å². The predicted molar refractivity (Wildman–Crippen MR) is 223 cm³/mol. The van der Waals surface area contributed by atoms with E-state index in [9.17, 15) is 24.2 Å². The van der Waals surface area contributed by atoms with Gasteiger partial charge in [0.2, 0.25) is 0 Å². The van der Waals surface area contributed by atoms with Gasteiger partial charge >= 0.3 is 11.9 Å². The van der Waals surface area contributed by atoms with Crippen LogP contribution in [0, 0.1) is 0 Å². The number of aliphatic hydroxyl groups is 1. The summed E-state index contributed by atoms with van der Waals surface area (Å²) in [7, 11) is 1.08. The van der Waals surface area contributed by atoms with Crippen molar-refractivity contribution in [3.63, 3.8) is 0 Å². The lowest BCUT2D eigenvalue weighted by molar-refractivity contribution is -0.870. The Balaban J connectivity index is 4.57. The molecule has 1 N–H and O–H groups in total. The fourth-order valence-corrected chi connectivity index (χ4v) is 5.72. The van der Waals surface area contributed by atoms with E-state index in [2.05, 4.69) is 38.2 Å². The molecule has 3 atom stereocenters. The predicted octanol–water partition coefficient (Wildman–Crippen LogP) is 9.80. The van der Waals surface area contributed by atoms with Crippen LogP contribution in [0.1, 0.15) is 136 Å². The van der Waals surface area contributed by atoms with Crippen molar-refractivity contribution in [3.8, 4) is 0 Å². The molecule has 0 aromatic rings. The average Bonchev–Trinajstić information content (AvgIpc) is 3.13. The van der Waals surface area contributed by atoms with Gasteiger partial charge in [-0.3, -0.25) is 14.2 Å². The molecule has 0 aromatic carbocycles. The van der Waals surface area contributed by atoms with Crippen molar-refractivity contribution in [3.05, 3.63) is 72.9 Å². The Morgan fingerprint density at radius 1 is 0.691 bits per heavy atom. The topological polar surface area (TPSA) is 131 Å². The maximum absolute atomic E-state index is 12.6. The Labute approximate surface area is 334 Å². The van der Waals surface area contributed by atoms with Gasteiger partial charge in [0.15, 0.2) is 6.10 Å². The van der Waals surface area contributed by atoms with Gasteiger partial charge in [-0.15, -0.1) is 0 Å². The number of aliphatic hydroxyl groups excluding tert-OH is 1. The van der Waals surface area contributed by atoms with Crippen LogP contribution in [0.25, 0.3) is 0 Å². The number of phosphoric ester groups is 1. The van der Waals surface area contributed by atoms with Gasteiger partial charge in [0, 0.05) is 12.8 Å². The third-order valence-electron chi connectivity index (χ3n) is 8.29. The van der Waals surface area contributed by atoms with Crippen molar-refractivity contribution in [2.45, 2.75) is 148 Å². The van der Waals surface area contributed by atoms with Gasteiger partial charge in [-0.1, -0.05) is 125 Å². The highest BCUT2D eigenvalue weighted by atomic mass is 31.2. The highest BCUT2D eigenvalue weighted by Gasteiger charge is 2.21. The van der Waals surface area contributed by atoms with E-state index in [1.807, 2.05) is 63.7 Å². The van der Waals surface area contributed by atoms with Gasteiger partial charge < -0.3 is 33.0 Å². The van der Waals surface area contributed by atoms with E-state index < -0.39 is 38.6 Å². The van der Waals surface area contributed by atoms with Crippen molar-refractivity contribution >= 4 is 19.8 Å². The highest BCUT2D eigenvalue weighted by Crippen LogP contribution is 2.38. The number of likely N-dealkylation sites (N-methyl/N-ethyl adjacent to an activating group) is 1. The lowest BCUT2D eigenvalue weighted by atomic mass is 10.1. The van der Waals surface area contributed by atoms with Gasteiger partial charge in [0.25, 0.3) is 7.82 Å². The van der Waals surface area contributed by atoms with Crippen molar-refractivity contribution in [2.75, 3.05) is 47.5 Å². The van der Waals surface area contributed by atoms with Gasteiger partial charge in [-0.05, 0) is 70.6 Å². The molecule has 3 unspecified atom stereocenters. The van der Waals surface area contributed by atoms with Crippen LogP contribution in [0.5, 0.6) is 0 Å². The monoisotopic (exact) mass is 794 g/mol. The molecule has 55 heavy (non-hydrogen) atoms. The van der Waals surface area contributed by atoms with Crippen LogP contribution in [-0.4, -0.2) is 81.2 Å². The Morgan fingerprint density at radius 2 is 1.27 bits per heavy atom. The summed E-state index contributed by atoms with van der Waals surface area (Å²) in [6.07, 6.45) is 39.8. The average molecular weight is 794 g/mol. The second-order valence-electron chi connectivity index (χ2n) is 14.8. The second-order valence-corrected chi connectivity index (χ2v) is 16.2. The van der Waals surface area contributed by atoms with Gasteiger partial charge in [0.1, 0.15) is 19.8 Å².